The monoisotopic (exact) mass is 905 g/mol. The summed E-state index contributed by atoms with van der Waals surface area (Å²) in [5.41, 5.74) is 0. The quantitative estimate of drug-likeness (QED) is 0.0344. The van der Waals surface area contributed by atoms with Crippen LogP contribution in [0.3, 0.4) is 0 Å². The first kappa shape index (κ1) is 62.4. The van der Waals surface area contributed by atoms with Gasteiger partial charge in [0.1, 0.15) is 13.2 Å². The molecular weight excluding hydrogens is 793 g/mol. The second-order valence-electron chi connectivity index (χ2n) is 20.6. The summed E-state index contributed by atoms with van der Waals surface area (Å²) in [6.45, 7) is 11.4. The lowest BCUT2D eigenvalue weighted by Gasteiger charge is -2.18. The molecule has 0 amide bonds. The Bertz CT molecular complexity index is 980. The van der Waals surface area contributed by atoms with Crippen LogP contribution in [0.4, 0.5) is 0 Å². The van der Waals surface area contributed by atoms with Crippen LogP contribution in [0, 0.1) is 11.8 Å². The number of hydrogen-bond acceptors (Lipinski definition) is 6. The second kappa shape index (κ2) is 50.8. The first-order chi connectivity index (χ1) is 31.3. The molecule has 0 saturated carbocycles. The number of rotatable bonds is 52. The van der Waals surface area contributed by atoms with Crippen LogP contribution in [0.2, 0.25) is 0 Å². The van der Waals surface area contributed by atoms with Crippen molar-refractivity contribution in [3.63, 3.8) is 0 Å². The molecule has 1 unspecified atom stereocenters. The van der Waals surface area contributed by atoms with Crippen molar-refractivity contribution in [2.75, 3.05) is 13.2 Å². The number of carbonyl (C=O) groups excluding carboxylic acids is 3. The molecule has 0 aliphatic heterocycles. The van der Waals surface area contributed by atoms with E-state index >= 15 is 0 Å². The van der Waals surface area contributed by atoms with Crippen molar-refractivity contribution < 1.29 is 28.6 Å². The molecule has 0 spiro atoms. The average molecular weight is 906 g/mol. The molecule has 0 radical (unpaired) electrons. The molecule has 0 saturated heterocycles. The molecule has 2 atom stereocenters. The van der Waals surface area contributed by atoms with Crippen molar-refractivity contribution in [2.45, 2.75) is 330 Å². The van der Waals surface area contributed by atoms with Crippen molar-refractivity contribution in [3.05, 3.63) is 0 Å². The largest absolute Gasteiger partial charge is 0.462 e. The van der Waals surface area contributed by atoms with Crippen LogP contribution in [0.1, 0.15) is 324 Å². The maximum atomic E-state index is 12.8. The summed E-state index contributed by atoms with van der Waals surface area (Å²) in [7, 11) is 0. The SMILES string of the molecule is CCCCCCCCCCCCCCCCCCC(=O)OC[C@H](COC(=O)CCCCCCCCCCCC(C)C)OC(=O)CCCCCCCCCCCCCCCCC(C)CC. The number of hydrogen-bond donors (Lipinski definition) is 0. The number of ether oxygens (including phenoxy) is 3. The lowest BCUT2D eigenvalue weighted by Crippen LogP contribution is -2.30. The summed E-state index contributed by atoms with van der Waals surface area (Å²) < 4.78 is 16.9. The summed E-state index contributed by atoms with van der Waals surface area (Å²) in [4.78, 5) is 38.1. The van der Waals surface area contributed by atoms with Gasteiger partial charge in [-0.3, -0.25) is 14.4 Å². The lowest BCUT2D eigenvalue weighted by atomic mass is 9.99. The molecule has 0 bridgehead atoms. The highest BCUT2D eigenvalue weighted by Crippen LogP contribution is 2.18. The van der Waals surface area contributed by atoms with Gasteiger partial charge in [0.2, 0.25) is 0 Å². The highest BCUT2D eigenvalue weighted by Gasteiger charge is 2.19. The molecule has 6 heteroatoms. The van der Waals surface area contributed by atoms with Crippen LogP contribution in [0.15, 0.2) is 0 Å². The highest BCUT2D eigenvalue weighted by atomic mass is 16.6. The van der Waals surface area contributed by atoms with E-state index in [1.54, 1.807) is 0 Å². The predicted molar refractivity (Wildman–Crippen MR) is 275 cm³/mol. The van der Waals surface area contributed by atoms with Gasteiger partial charge in [-0.05, 0) is 31.1 Å². The standard InChI is InChI=1S/C58H112O6/c1-6-8-9-10-11-12-13-14-15-16-20-23-28-33-38-43-48-56(59)62-51-55(52-63-57(60)49-44-39-34-30-25-26-31-36-41-46-53(3)4)64-58(61)50-45-40-35-29-24-21-18-17-19-22-27-32-37-42-47-54(5)7-2/h53-55H,6-52H2,1-5H3/t54?,55-/m1/s1. The van der Waals surface area contributed by atoms with Gasteiger partial charge in [-0.1, -0.05) is 285 Å². The Morgan fingerprint density at radius 3 is 0.891 bits per heavy atom. The Labute approximate surface area is 399 Å². The van der Waals surface area contributed by atoms with Crippen molar-refractivity contribution in [1.29, 1.82) is 0 Å². The van der Waals surface area contributed by atoms with Gasteiger partial charge in [0.25, 0.3) is 0 Å². The molecule has 64 heavy (non-hydrogen) atoms. The Hall–Kier alpha value is -1.59. The molecule has 0 aromatic heterocycles. The topological polar surface area (TPSA) is 78.9 Å². The molecule has 0 heterocycles. The minimum absolute atomic E-state index is 0.0629. The highest BCUT2D eigenvalue weighted by molar-refractivity contribution is 5.71. The maximum absolute atomic E-state index is 12.8. The minimum atomic E-state index is -0.763. The lowest BCUT2D eigenvalue weighted by molar-refractivity contribution is -0.167. The fourth-order valence-electron chi connectivity index (χ4n) is 8.84. The molecule has 6 nitrogen and oxygen atoms in total. The molecule has 380 valence electrons. The number of unbranched alkanes of at least 4 members (excludes halogenated alkanes) is 36. The molecule has 0 aromatic rings. The Morgan fingerprint density at radius 1 is 0.328 bits per heavy atom. The van der Waals surface area contributed by atoms with E-state index in [1.165, 1.54) is 212 Å². The fourth-order valence-corrected chi connectivity index (χ4v) is 8.84. The van der Waals surface area contributed by atoms with Crippen molar-refractivity contribution in [3.8, 4) is 0 Å². The van der Waals surface area contributed by atoms with Gasteiger partial charge in [0, 0.05) is 19.3 Å². The summed E-state index contributed by atoms with van der Waals surface area (Å²) in [5, 5.41) is 0. The minimum Gasteiger partial charge on any atom is -0.462 e. The smallest absolute Gasteiger partial charge is 0.306 e. The van der Waals surface area contributed by atoms with Gasteiger partial charge in [0.05, 0.1) is 0 Å². The van der Waals surface area contributed by atoms with E-state index in [4.69, 9.17) is 14.2 Å². The van der Waals surface area contributed by atoms with Crippen LogP contribution >= 0.6 is 0 Å². The third-order valence-electron chi connectivity index (χ3n) is 13.6. The van der Waals surface area contributed by atoms with E-state index in [9.17, 15) is 14.4 Å². The second-order valence-corrected chi connectivity index (χ2v) is 20.6. The maximum Gasteiger partial charge on any atom is 0.306 e. The first-order valence-corrected chi connectivity index (χ1v) is 28.8. The van der Waals surface area contributed by atoms with Gasteiger partial charge in [-0.15, -0.1) is 0 Å². The van der Waals surface area contributed by atoms with E-state index in [0.29, 0.717) is 19.3 Å². The Balaban J connectivity index is 4.29. The van der Waals surface area contributed by atoms with Crippen molar-refractivity contribution >= 4 is 17.9 Å². The fraction of sp³-hybridized carbons (Fsp3) is 0.948. The van der Waals surface area contributed by atoms with Crippen LogP contribution in [-0.4, -0.2) is 37.2 Å². The summed E-state index contributed by atoms with van der Waals surface area (Å²) >= 11 is 0. The van der Waals surface area contributed by atoms with Gasteiger partial charge in [-0.25, -0.2) is 0 Å². The molecule has 0 N–H and O–H groups in total. The molecule has 0 aromatic carbocycles. The van der Waals surface area contributed by atoms with E-state index in [0.717, 1.165) is 69.6 Å². The number of carbonyl (C=O) groups is 3. The van der Waals surface area contributed by atoms with Crippen LogP contribution in [0.25, 0.3) is 0 Å². The van der Waals surface area contributed by atoms with Gasteiger partial charge >= 0.3 is 17.9 Å². The van der Waals surface area contributed by atoms with E-state index in [-0.39, 0.29) is 31.1 Å². The number of esters is 3. The van der Waals surface area contributed by atoms with E-state index < -0.39 is 6.10 Å². The third-order valence-corrected chi connectivity index (χ3v) is 13.6. The average Bonchev–Trinajstić information content (AvgIpc) is 3.28. The third kappa shape index (κ3) is 49.8. The Kier molecular flexibility index (Phi) is 49.6. The van der Waals surface area contributed by atoms with E-state index in [1.807, 2.05) is 0 Å². The zero-order valence-electron chi connectivity index (χ0n) is 43.9. The molecule has 0 aliphatic carbocycles. The van der Waals surface area contributed by atoms with E-state index in [2.05, 4.69) is 34.6 Å². The summed E-state index contributed by atoms with van der Waals surface area (Å²) in [6.07, 6.45) is 53.7. The summed E-state index contributed by atoms with van der Waals surface area (Å²) in [6, 6.07) is 0. The van der Waals surface area contributed by atoms with Crippen LogP contribution in [0.5, 0.6) is 0 Å². The Morgan fingerprint density at radius 2 is 0.594 bits per heavy atom. The van der Waals surface area contributed by atoms with Crippen molar-refractivity contribution in [1.82, 2.24) is 0 Å². The van der Waals surface area contributed by atoms with Crippen LogP contribution in [-0.2, 0) is 28.6 Å². The van der Waals surface area contributed by atoms with Gasteiger partial charge in [-0.2, -0.15) is 0 Å². The summed E-state index contributed by atoms with van der Waals surface area (Å²) in [5.74, 6) is 0.862. The zero-order chi connectivity index (χ0) is 46.8. The molecule has 0 aliphatic rings. The van der Waals surface area contributed by atoms with Crippen molar-refractivity contribution in [2.24, 2.45) is 11.8 Å². The first-order valence-electron chi connectivity index (χ1n) is 28.8. The molecule has 0 rings (SSSR count). The molecule has 0 fully saturated rings. The molecular formula is C58H112O6. The normalized spacial score (nSPS) is 12.5. The zero-order valence-corrected chi connectivity index (χ0v) is 43.9. The van der Waals surface area contributed by atoms with Gasteiger partial charge < -0.3 is 14.2 Å². The van der Waals surface area contributed by atoms with Crippen LogP contribution < -0.4 is 0 Å². The predicted octanol–water partition coefficient (Wildman–Crippen LogP) is 18.9. The van der Waals surface area contributed by atoms with Gasteiger partial charge in [0.15, 0.2) is 6.10 Å².